The maximum atomic E-state index is 12.2. The van der Waals surface area contributed by atoms with E-state index in [1.165, 1.54) is 5.56 Å². The van der Waals surface area contributed by atoms with Gasteiger partial charge in [0.05, 0.1) is 12.2 Å². The molecule has 1 heterocycles. The van der Waals surface area contributed by atoms with Crippen LogP contribution in [0.1, 0.15) is 39.8 Å². The van der Waals surface area contributed by atoms with Crippen LogP contribution in [0.25, 0.3) is 0 Å². The highest BCUT2D eigenvalue weighted by atomic mass is 16.5. The van der Waals surface area contributed by atoms with Crippen molar-refractivity contribution in [3.8, 4) is 0 Å². The van der Waals surface area contributed by atoms with Crippen molar-refractivity contribution in [3.05, 3.63) is 58.4 Å². The maximum Gasteiger partial charge on any atom is 0.339 e. The Hall–Kier alpha value is -2.56. The summed E-state index contributed by atoms with van der Waals surface area (Å²) in [5, 5.41) is 2.91. The number of carbonyl (C=O) groups excluding carboxylic acids is 2. The summed E-state index contributed by atoms with van der Waals surface area (Å²) in [7, 11) is 0. The zero-order valence-electron chi connectivity index (χ0n) is 14.7. The largest absolute Gasteiger partial charge is 0.462 e. The Morgan fingerprint density at radius 2 is 1.79 bits per heavy atom. The lowest BCUT2D eigenvalue weighted by Crippen LogP contribution is -2.28. The van der Waals surface area contributed by atoms with Crippen LogP contribution < -0.4 is 5.32 Å². The first-order chi connectivity index (χ1) is 11.4. The predicted molar refractivity (Wildman–Crippen MR) is 92.9 cm³/mol. The molecule has 24 heavy (non-hydrogen) atoms. The van der Waals surface area contributed by atoms with Gasteiger partial charge in [-0.15, -0.1) is 0 Å². The molecule has 2 aromatic rings. The van der Waals surface area contributed by atoms with Crippen LogP contribution in [0, 0.1) is 20.8 Å². The van der Waals surface area contributed by atoms with E-state index in [-0.39, 0.29) is 18.4 Å². The van der Waals surface area contributed by atoms with Gasteiger partial charge in [0, 0.05) is 17.9 Å². The summed E-state index contributed by atoms with van der Waals surface area (Å²) < 4.78 is 6.87. The van der Waals surface area contributed by atoms with Gasteiger partial charge < -0.3 is 14.6 Å². The van der Waals surface area contributed by atoms with Crippen LogP contribution >= 0.6 is 0 Å². The normalized spacial score (nSPS) is 10.5. The van der Waals surface area contributed by atoms with Gasteiger partial charge in [0.15, 0.2) is 0 Å². The second kappa shape index (κ2) is 7.81. The Morgan fingerprint density at radius 3 is 2.42 bits per heavy atom. The van der Waals surface area contributed by atoms with Crippen molar-refractivity contribution >= 4 is 11.9 Å². The number of rotatable bonds is 6. The first-order valence-corrected chi connectivity index (χ1v) is 8.08. The average Bonchev–Trinajstić information content (AvgIpc) is 2.83. The Kier molecular flexibility index (Phi) is 5.79. The Bertz CT molecular complexity index is 730. The molecule has 2 rings (SSSR count). The van der Waals surface area contributed by atoms with E-state index in [0.717, 1.165) is 17.0 Å². The summed E-state index contributed by atoms with van der Waals surface area (Å²) >= 11 is 0. The number of nitrogens with one attached hydrogen (secondary N) is 1. The van der Waals surface area contributed by atoms with E-state index in [1.54, 1.807) is 13.0 Å². The van der Waals surface area contributed by atoms with Gasteiger partial charge in [0.1, 0.15) is 6.54 Å². The monoisotopic (exact) mass is 328 g/mol. The molecule has 0 aliphatic carbocycles. The molecule has 0 saturated carbocycles. The highest BCUT2D eigenvalue weighted by Crippen LogP contribution is 2.16. The molecule has 0 spiro atoms. The van der Waals surface area contributed by atoms with Gasteiger partial charge in [0.25, 0.3) is 0 Å². The molecule has 1 N–H and O–H groups in total. The summed E-state index contributed by atoms with van der Waals surface area (Å²) in [6, 6.07) is 9.81. The molecule has 128 valence electrons. The molecular weight excluding hydrogens is 304 g/mol. The molecule has 0 fully saturated rings. The Balaban J connectivity index is 2.01. The third kappa shape index (κ3) is 4.25. The molecule has 0 aliphatic rings. The van der Waals surface area contributed by atoms with Gasteiger partial charge >= 0.3 is 5.97 Å². The number of esters is 1. The van der Waals surface area contributed by atoms with Crippen LogP contribution in [-0.4, -0.2) is 23.1 Å². The molecule has 1 aromatic heterocycles. The first kappa shape index (κ1) is 17.8. The number of nitrogens with zero attached hydrogens (tertiary/aromatic N) is 1. The fourth-order valence-electron chi connectivity index (χ4n) is 2.57. The minimum atomic E-state index is -0.350. The first-order valence-electron chi connectivity index (χ1n) is 8.08. The number of ether oxygens (including phenoxy) is 1. The topological polar surface area (TPSA) is 60.3 Å². The van der Waals surface area contributed by atoms with Crippen molar-refractivity contribution in [1.82, 2.24) is 9.88 Å². The standard InChI is InChI=1S/C19H24N2O3/c1-5-24-19(23)17-10-14(3)21(15(17)4)12-18(22)20-11-16-8-6-13(2)7-9-16/h6-10H,5,11-12H2,1-4H3,(H,20,22). The summed E-state index contributed by atoms with van der Waals surface area (Å²) in [5.41, 5.74) is 4.37. The third-order valence-electron chi connectivity index (χ3n) is 3.98. The highest BCUT2D eigenvalue weighted by Gasteiger charge is 2.17. The van der Waals surface area contributed by atoms with E-state index in [2.05, 4.69) is 5.32 Å². The molecule has 5 heteroatoms. The Morgan fingerprint density at radius 1 is 1.12 bits per heavy atom. The number of benzene rings is 1. The quantitative estimate of drug-likeness (QED) is 0.830. The predicted octanol–water partition coefficient (Wildman–Crippen LogP) is 2.91. The number of carbonyl (C=O) groups is 2. The summed E-state index contributed by atoms with van der Waals surface area (Å²) in [4.78, 5) is 24.1. The summed E-state index contributed by atoms with van der Waals surface area (Å²) in [6.45, 7) is 8.51. The number of aryl methyl sites for hydroxylation is 2. The molecule has 0 saturated heterocycles. The molecule has 5 nitrogen and oxygen atoms in total. The number of amides is 1. The smallest absolute Gasteiger partial charge is 0.339 e. The van der Waals surface area contributed by atoms with Gasteiger partial charge in [0.2, 0.25) is 5.91 Å². The lowest BCUT2D eigenvalue weighted by atomic mass is 10.1. The lowest BCUT2D eigenvalue weighted by molar-refractivity contribution is -0.121. The van der Waals surface area contributed by atoms with Gasteiger partial charge in [-0.3, -0.25) is 4.79 Å². The van der Waals surface area contributed by atoms with E-state index in [0.29, 0.717) is 18.7 Å². The molecular formula is C19H24N2O3. The van der Waals surface area contributed by atoms with Gasteiger partial charge in [-0.05, 0) is 39.3 Å². The van der Waals surface area contributed by atoms with E-state index in [9.17, 15) is 9.59 Å². The second-order valence-electron chi connectivity index (χ2n) is 5.85. The molecule has 0 atom stereocenters. The van der Waals surface area contributed by atoms with E-state index >= 15 is 0 Å². The molecule has 0 bridgehead atoms. The van der Waals surface area contributed by atoms with Crippen molar-refractivity contribution < 1.29 is 14.3 Å². The SMILES string of the molecule is CCOC(=O)c1cc(C)n(CC(=O)NCc2ccc(C)cc2)c1C. The molecule has 1 aromatic carbocycles. The Labute approximate surface area is 142 Å². The molecule has 1 amide bonds. The van der Waals surface area contributed by atoms with Crippen molar-refractivity contribution in [2.45, 2.75) is 40.8 Å². The van der Waals surface area contributed by atoms with Crippen LogP contribution in [0.3, 0.4) is 0 Å². The van der Waals surface area contributed by atoms with Gasteiger partial charge in [-0.2, -0.15) is 0 Å². The van der Waals surface area contributed by atoms with Crippen molar-refractivity contribution in [1.29, 1.82) is 0 Å². The fourth-order valence-corrected chi connectivity index (χ4v) is 2.57. The van der Waals surface area contributed by atoms with Crippen LogP contribution in [0.2, 0.25) is 0 Å². The highest BCUT2D eigenvalue weighted by molar-refractivity contribution is 5.91. The van der Waals surface area contributed by atoms with Crippen molar-refractivity contribution in [3.63, 3.8) is 0 Å². The van der Waals surface area contributed by atoms with E-state index in [1.807, 2.05) is 49.6 Å². The third-order valence-corrected chi connectivity index (χ3v) is 3.98. The fraction of sp³-hybridized carbons (Fsp3) is 0.368. The maximum absolute atomic E-state index is 12.2. The number of aromatic nitrogens is 1. The minimum Gasteiger partial charge on any atom is -0.462 e. The molecule has 0 radical (unpaired) electrons. The summed E-state index contributed by atoms with van der Waals surface area (Å²) in [6.07, 6.45) is 0. The molecule has 0 aliphatic heterocycles. The van der Waals surface area contributed by atoms with Gasteiger partial charge in [-0.1, -0.05) is 29.8 Å². The van der Waals surface area contributed by atoms with Crippen molar-refractivity contribution in [2.24, 2.45) is 0 Å². The van der Waals surface area contributed by atoms with Crippen LogP contribution in [0.4, 0.5) is 0 Å². The summed E-state index contributed by atoms with van der Waals surface area (Å²) in [5.74, 6) is -0.440. The van der Waals surface area contributed by atoms with E-state index in [4.69, 9.17) is 4.74 Å². The zero-order valence-corrected chi connectivity index (χ0v) is 14.7. The van der Waals surface area contributed by atoms with Crippen LogP contribution in [0.15, 0.2) is 30.3 Å². The number of hydrogen-bond acceptors (Lipinski definition) is 3. The van der Waals surface area contributed by atoms with Crippen LogP contribution in [-0.2, 0) is 22.6 Å². The average molecular weight is 328 g/mol. The second-order valence-corrected chi connectivity index (χ2v) is 5.85. The van der Waals surface area contributed by atoms with E-state index < -0.39 is 0 Å². The minimum absolute atomic E-state index is 0.0900. The number of hydrogen-bond donors (Lipinski definition) is 1. The van der Waals surface area contributed by atoms with Crippen molar-refractivity contribution in [2.75, 3.05) is 6.61 Å². The lowest BCUT2D eigenvalue weighted by Gasteiger charge is -2.11. The van der Waals surface area contributed by atoms with Crippen LogP contribution in [0.5, 0.6) is 0 Å². The zero-order chi connectivity index (χ0) is 17.7. The molecule has 0 unspecified atom stereocenters. The van der Waals surface area contributed by atoms with Gasteiger partial charge in [-0.25, -0.2) is 4.79 Å².